The van der Waals surface area contributed by atoms with Crippen molar-refractivity contribution in [3.8, 4) is 11.5 Å². The van der Waals surface area contributed by atoms with Crippen molar-refractivity contribution in [3.63, 3.8) is 0 Å². The van der Waals surface area contributed by atoms with Crippen LogP contribution in [0.4, 0.5) is 0 Å². The van der Waals surface area contributed by atoms with Crippen molar-refractivity contribution in [2.75, 3.05) is 39.9 Å². The standard InChI is InChI=1S/C20H28N2O3/c1-3-25-19-10-14(7-8-18(19)24-2)20(23)22-12-15-11-21-9-5-4-6-17(21)16(15)13-22/h7-8,10,15-17H,3-6,9,11-13H2,1-2H3/t15-,16-,17+/m0/s1. The third-order valence-corrected chi connectivity index (χ3v) is 6.12. The summed E-state index contributed by atoms with van der Waals surface area (Å²) in [6, 6.07) is 6.21. The smallest absolute Gasteiger partial charge is 0.254 e. The molecule has 136 valence electrons. The molecule has 0 radical (unpaired) electrons. The molecule has 3 saturated heterocycles. The first-order valence-electron chi connectivity index (χ1n) is 9.55. The number of likely N-dealkylation sites (tertiary alicyclic amines) is 1. The van der Waals surface area contributed by atoms with Crippen LogP contribution in [0.25, 0.3) is 0 Å². The largest absolute Gasteiger partial charge is 0.493 e. The second kappa shape index (κ2) is 6.87. The summed E-state index contributed by atoms with van der Waals surface area (Å²) in [7, 11) is 1.62. The van der Waals surface area contributed by atoms with E-state index in [1.165, 1.54) is 32.4 Å². The number of carbonyl (C=O) groups is 1. The van der Waals surface area contributed by atoms with Crippen molar-refractivity contribution >= 4 is 5.91 Å². The Balaban J connectivity index is 1.48. The zero-order chi connectivity index (χ0) is 17.4. The molecule has 4 rings (SSSR count). The lowest BCUT2D eigenvalue weighted by molar-refractivity contribution is 0.0753. The zero-order valence-electron chi connectivity index (χ0n) is 15.2. The van der Waals surface area contributed by atoms with Gasteiger partial charge < -0.3 is 14.4 Å². The van der Waals surface area contributed by atoms with E-state index < -0.39 is 0 Å². The highest BCUT2D eigenvalue weighted by Gasteiger charge is 2.48. The monoisotopic (exact) mass is 344 g/mol. The molecule has 1 aromatic carbocycles. The van der Waals surface area contributed by atoms with Crippen molar-refractivity contribution in [2.24, 2.45) is 11.8 Å². The van der Waals surface area contributed by atoms with Gasteiger partial charge in [0.2, 0.25) is 0 Å². The molecule has 1 aromatic rings. The molecule has 3 fully saturated rings. The minimum absolute atomic E-state index is 0.125. The van der Waals surface area contributed by atoms with Gasteiger partial charge in [0.1, 0.15) is 0 Å². The number of hydrogen-bond donors (Lipinski definition) is 0. The second-order valence-corrected chi connectivity index (χ2v) is 7.49. The fourth-order valence-corrected chi connectivity index (χ4v) is 4.98. The summed E-state index contributed by atoms with van der Waals surface area (Å²) < 4.78 is 10.9. The van der Waals surface area contributed by atoms with Gasteiger partial charge in [0.25, 0.3) is 5.91 Å². The zero-order valence-corrected chi connectivity index (χ0v) is 15.2. The van der Waals surface area contributed by atoms with Crippen LogP contribution in [0, 0.1) is 11.8 Å². The van der Waals surface area contributed by atoms with Crippen molar-refractivity contribution in [2.45, 2.75) is 32.2 Å². The van der Waals surface area contributed by atoms with Crippen LogP contribution in [0.1, 0.15) is 36.5 Å². The van der Waals surface area contributed by atoms with Gasteiger partial charge in [-0.1, -0.05) is 6.42 Å². The average molecular weight is 344 g/mol. The van der Waals surface area contributed by atoms with Crippen LogP contribution in [0.15, 0.2) is 18.2 Å². The Morgan fingerprint density at radius 1 is 1.20 bits per heavy atom. The quantitative estimate of drug-likeness (QED) is 0.842. The van der Waals surface area contributed by atoms with Gasteiger partial charge >= 0.3 is 0 Å². The van der Waals surface area contributed by atoms with Crippen LogP contribution in [-0.2, 0) is 0 Å². The molecule has 1 amide bonds. The first kappa shape index (κ1) is 16.7. The predicted molar refractivity (Wildman–Crippen MR) is 96.3 cm³/mol. The maximum atomic E-state index is 13.0. The fraction of sp³-hybridized carbons (Fsp3) is 0.650. The minimum atomic E-state index is 0.125. The number of rotatable bonds is 4. The molecule has 0 spiro atoms. The summed E-state index contributed by atoms with van der Waals surface area (Å²) in [6.45, 7) is 6.71. The lowest BCUT2D eigenvalue weighted by Gasteiger charge is -2.33. The Labute approximate surface area is 149 Å². The van der Waals surface area contributed by atoms with Gasteiger partial charge in [0.05, 0.1) is 13.7 Å². The van der Waals surface area contributed by atoms with Crippen molar-refractivity contribution in [1.82, 2.24) is 9.80 Å². The van der Waals surface area contributed by atoms with Gasteiger partial charge in [-0.3, -0.25) is 9.69 Å². The number of ether oxygens (including phenoxy) is 2. The molecule has 3 aliphatic heterocycles. The maximum Gasteiger partial charge on any atom is 0.254 e. The topological polar surface area (TPSA) is 42.0 Å². The van der Waals surface area contributed by atoms with Crippen LogP contribution < -0.4 is 9.47 Å². The van der Waals surface area contributed by atoms with Gasteiger partial charge in [0.15, 0.2) is 11.5 Å². The molecule has 0 aliphatic carbocycles. The average Bonchev–Trinajstić information content (AvgIpc) is 3.19. The normalized spacial score (nSPS) is 28.6. The SMILES string of the molecule is CCOc1cc(C(=O)N2C[C@@H]3CN4CCCC[C@@H]4[C@H]3C2)ccc1OC. The number of hydrogen-bond acceptors (Lipinski definition) is 4. The van der Waals surface area contributed by atoms with E-state index in [2.05, 4.69) is 9.80 Å². The maximum absolute atomic E-state index is 13.0. The summed E-state index contributed by atoms with van der Waals surface area (Å²) in [5.74, 6) is 2.76. The van der Waals surface area contributed by atoms with Crippen molar-refractivity contribution < 1.29 is 14.3 Å². The van der Waals surface area contributed by atoms with E-state index in [0.717, 1.165) is 13.1 Å². The van der Waals surface area contributed by atoms with Crippen LogP contribution in [0.5, 0.6) is 11.5 Å². The second-order valence-electron chi connectivity index (χ2n) is 7.49. The van der Waals surface area contributed by atoms with Gasteiger partial charge in [-0.05, 0) is 56.3 Å². The van der Waals surface area contributed by atoms with E-state index >= 15 is 0 Å². The van der Waals surface area contributed by atoms with E-state index in [1.807, 2.05) is 25.1 Å². The lowest BCUT2D eigenvalue weighted by atomic mass is 9.90. The Kier molecular flexibility index (Phi) is 4.59. The van der Waals surface area contributed by atoms with Gasteiger partial charge in [-0.25, -0.2) is 0 Å². The van der Waals surface area contributed by atoms with Gasteiger partial charge in [0, 0.05) is 31.2 Å². The number of methoxy groups -OCH3 is 1. The number of amides is 1. The molecule has 3 aliphatic rings. The first-order chi connectivity index (χ1) is 12.2. The van der Waals surface area contributed by atoms with Crippen molar-refractivity contribution in [1.29, 1.82) is 0 Å². The van der Waals surface area contributed by atoms with Crippen LogP contribution in [0.3, 0.4) is 0 Å². The molecule has 0 bridgehead atoms. The molecule has 0 N–H and O–H groups in total. The van der Waals surface area contributed by atoms with Crippen LogP contribution in [0.2, 0.25) is 0 Å². The highest BCUT2D eigenvalue weighted by Crippen LogP contribution is 2.41. The highest BCUT2D eigenvalue weighted by atomic mass is 16.5. The van der Waals surface area contributed by atoms with E-state index in [-0.39, 0.29) is 5.91 Å². The van der Waals surface area contributed by atoms with E-state index in [0.29, 0.717) is 41.5 Å². The molecule has 3 atom stereocenters. The Morgan fingerprint density at radius 3 is 2.88 bits per heavy atom. The Bertz CT molecular complexity index is 648. The molecule has 0 unspecified atom stereocenters. The predicted octanol–water partition coefficient (Wildman–Crippen LogP) is 2.65. The van der Waals surface area contributed by atoms with Gasteiger partial charge in [-0.15, -0.1) is 0 Å². The molecule has 0 saturated carbocycles. The number of piperidine rings is 1. The molecule has 3 heterocycles. The molecule has 5 nitrogen and oxygen atoms in total. The van der Waals surface area contributed by atoms with E-state index in [4.69, 9.17) is 9.47 Å². The lowest BCUT2D eigenvalue weighted by Crippen LogP contribution is -2.40. The van der Waals surface area contributed by atoms with Gasteiger partial charge in [-0.2, -0.15) is 0 Å². The van der Waals surface area contributed by atoms with Crippen LogP contribution in [-0.4, -0.2) is 61.6 Å². The number of nitrogens with zero attached hydrogens (tertiary/aromatic N) is 2. The first-order valence-corrected chi connectivity index (χ1v) is 9.55. The van der Waals surface area contributed by atoms with Crippen LogP contribution >= 0.6 is 0 Å². The number of benzene rings is 1. The third kappa shape index (κ3) is 2.99. The third-order valence-electron chi connectivity index (χ3n) is 6.12. The Hall–Kier alpha value is -1.75. The summed E-state index contributed by atoms with van der Waals surface area (Å²) in [5.41, 5.74) is 0.699. The number of fused-ring (bicyclic) bond motifs is 3. The van der Waals surface area contributed by atoms with E-state index in [1.54, 1.807) is 7.11 Å². The van der Waals surface area contributed by atoms with Crippen molar-refractivity contribution in [3.05, 3.63) is 23.8 Å². The van der Waals surface area contributed by atoms with E-state index in [9.17, 15) is 4.79 Å². The molecular weight excluding hydrogens is 316 g/mol. The number of carbonyl (C=O) groups excluding carboxylic acids is 1. The molecule has 5 heteroatoms. The molecular formula is C20H28N2O3. The highest BCUT2D eigenvalue weighted by molar-refractivity contribution is 5.95. The summed E-state index contributed by atoms with van der Waals surface area (Å²) >= 11 is 0. The summed E-state index contributed by atoms with van der Waals surface area (Å²) in [5, 5.41) is 0. The molecule has 0 aromatic heterocycles. The fourth-order valence-electron chi connectivity index (χ4n) is 4.98. The summed E-state index contributed by atoms with van der Waals surface area (Å²) in [6.07, 6.45) is 3.99. The minimum Gasteiger partial charge on any atom is -0.493 e. The molecule has 25 heavy (non-hydrogen) atoms. The summed E-state index contributed by atoms with van der Waals surface area (Å²) in [4.78, 5) is 17.7. The Morgan fingerprint density at radius 2 is 2.08 bits per heavy atom.